The van der Waals surface area contributed by atoms with Crippen LogP contribution in [0.5, 0.6) is 5.75 Å². The van der Waals surface area contributed by atoms with E-state index in [4.69, 9.17) is 21.1 Å². The van der Waals surface area contributed by atoms with Crippen molar-refractivity contribution in [1.29, 1.82) is 0 Å². The number of amides is 2. The third-order valence-corrected chi connectivity index (χ3v) is 2.44. The van der Waals surface area contributed by atoms with Gasteiger partial charge in [-0.1, -0.05) is 17.7 Å². The molecule has 0 fully saturated rings. The first-order chi connectivity index (χ1) is 9.17. The highest BCUT2D eigenvalue weighted by molar-refractivity contribution is 6.32. The fourth-order valence-electron chi connectivity index (χ4n) is 1.27. The SMILES string of the molecule is C=CCNC(=O)Nc1ccc(OCCOC)c(Cl)c1. The molecular weight excluding hydrogens is 268 g/mol. The number of ether oxygens (including phenoxy) is 2. The molecule has 0 aromatic heterocycles. The number of nitrogens with one attached hydrogen (secondary N) is 2. The molecule has 0 unspecified atom stereocenters. The maximum Gasteiger partial charge on any atom is 0.319 e. The van der Waals surface area contributed by atoms with Crippen molar-refractivity contribution in [3.63, 3.8) is 0 Å². The lowest BCUT2D eigenvalue weighted by Crippen LogP contribution is -2.28. The molecular formula is C13H17ClN2O3. The molecule has 1 aromatic rings. The predicted molar refractivity (Wildman–Crippen MR) is 76.0 cm³/mol. The first-order valence-corrected chi connectivity index (χ1v) is 6.12. The van der Waals surface area contributed by atoms with E-state index in [-0.39, 0.29) is 6.03 Å². The van der Waals surface area contributed by atoms with Crippen LogP contribution in [0.4, 0.5) is 10.5 Å². The van der Waals surface area contributed by atoms with Crippen molar-refractivity contribution >= 4 is 23.3 Å². The second-order valence-corrected chi connectivity index (χ2v) is 4.02. The molecule has 104 valence electrons. The average molecular weight is 285 g/mol. The van der Waals surface area contributed by atoms with Gasteiger partial charge in [0.15, 0.2) is 0 Å². The van der Waals surface area contributed by atoms with Crippen molar-refractivity contribution in [3.05, 3.63) is 35.9 Å². The number of anilines is 1. The Morgan fingerprint density at radius 2 is 2.26 bits per heavy atom. The lowest BCUT2D eigenvalue weighted by molar-refractivity contribution is 0.146. The summed E-state index contributed by atoms with van der Waals surface area (Å²) in [5.74, 6) is 0.552. The highest BCUT2D eigenvalue weighted by atomic mass is 35.5. The fourth-order valence-corrected chi connectivity index (χ4v) is 1.51. The average Bonchev–Trinajstić information content (AvgIpc) is 2.39. The monoisotopic (exact) mass is 284 g/mol. The molecule has 0 atom stereocenters. The molecule has 1 aromatic carbocycles. The molecule has 0 heterocycles. The van der Waals surface area contributed by atoms with E-state index < -0.39 is 0 Å². The molecule has 0 aliphatic carbocycles. The van der Waals surface area contributed by atoms with Crippen LogP contribution in [0.25, 0.3) is 0 Å². The van der Waals surface area contributed by atoms with Crippen LogP contribution in [0.3, 0.4) is 0 Å². The summed E-state index contributed by atoms with van der Waals surface area (Å²) in [7, 11) is 1.60. The van der Waals surface area contributed by atoms with Crippen LogP contribution in [-0.4, -0.2) is 32.9 Å². The van der Waals surface area contributed by atoms with Gasteiger partial charge in [-0.05, 0) is 18.2 Å². The topological polar surface area (TPSA) is 59.6 Å². The van der Waals surface area contributed by atoms with E-state index in [0.717, 1.165) is 0 Å². The fraction of sp³-hybridized carbons (Fsp3) is 0.308. The van der Waals surface area contributed by atoms with Crippen molar-refractivity contribution in [1.82, 2.24) is 5.32 Å². The third kappa shape index (κ3) is 5.63. The number of carbonyl (C=O) groups is 1. The van der Waals surface area contributed by atoms with E-state index >= 15 is 0 Å². The van der Waals surface area contributed by atoms with Gasteiger partial charge in [0.25, 0.3) is 0 Å². The smallest absolute Gasteiger partial charge is 0.319 e. The molecule has 2 amide bonds. The number of benzene rings is 1. The molecule has 1 rings (SSSR count). The minimum absolute atomic E-state index is 0.316. The van der Waals surface area contributed by atoms with Crippen molar-refractivity contribution in [2.75, 3.05) is 32.2 Å². The summed E-state index contributed by atoms with van der Waals surface area (Å²) < 4.78 is 10.3. The molecule has 0 spiro atoms. The Morgan fingerprint density at radius 1 is 1.47 bits per heavy atom. The second-order valence-electron chi connectivity index (χ2n) is 3.61. The molecule has 2 N–H and O–H groups in total. The van der Waals surface area contributed by atoms with Gasteiger partial charge in [-0.2, -0.15) is 0 Å². The maximum absolute atomic E-state index is 11.4. The highest BCUT2D eigenvalue weighted by Gasteiger charge is 2.05. The van der Waals surface area contributed by atoms with Gasteiger partial charge in [-0.25, -0.2) is 4.79 Å². The quantitative estimate of drug-likeness (QED) is 0.598. The van der Waals surface area contributed by atoms with Gasteiger partial charge in [0.1, 0.15) is 12.4 Å². The van der Waals surface area contributed by atoms with Crippen LogP contribution in [-0.2, 0) is 4.74 Å². The molecule has 0 bridgehead atoms. The Kier molecular flexibility index (Phi) is 6.78. The minimum atomic E-state index is -0.316. The van der Waals surface area contributed by atoms with Gasteiger partial charge in [0.05, 0.1) is 11.6 Å². The number of urea groups is 1. The van der Waals surface area contributed by atoms with Gasteiger partial charge in [-0.15, -0.1) is 6.58 Å². The predicted octanol–water partition coefficient (Wildman–Crippen LogP) is 2.67. The van der Waals surface area contributed by atoms with E-state index in [1.807, 2.05) is 0 Å². The Bertz CT molecular complexity index is 438. The molecule has 5 nitrogen and oxygen atoms in total. The number of rotatable bonds is 7. The van der Waals surface area contributed by atoms with Crippen molar-refractivity contribution in [2.24, 2.45) is 0 Å². The number of halogens is 1. The summed E-state index contributed by atoms with van der Waals surface area (Å²) in [6.07, 6.45) is 1.60. The summed E-state index contributed by atoms with van der Waals surface area (Å²) in [6.45, 7) is 4.82. The van der Waals surface area contributed by atoms with Crippen molar-refractivity contribution < 1.29 is 14.3 Å². The summed E-state index contributed by atoms with van der Waals surface area (Å²) in [5, 5.41) is 5.68. The summed E-state index contributed by atoms with van der Waals surface area (Å²) >= 11 is 6.04. The normalized spacial score (nSPS) is 9.79. The maximum atomic E-state index is 11.4. The van der Waals surface area contributed by atoms with Crippen LogP contribution in [0, 0.1) is 0 Å². The van der Waals surface area contributed by atoms with Crippen LogP contribution in [0.1, 0.15) is 0 Å². The van der Waals surface area contributed by atoms with Gasteiger partial charge < -0.3 is 20.1 Å². The highest BCUT2D eigenvalue weighted by Crippen LogP contribution is 2.27. The zero-order valence-electron chi connectivity index (χ0n) is 10.7. The van der Waals surface area contributed by atoms with Gasteiger partial charge >= 0.3 is 6.03 Å². The lowest BCUT2D eigenvalue weighted by atomic mass is 10.3. The number of carbonyl (C=O) groups excluding carboxylic acids is 1. The van der Waals surface area contributed by atoms with E-state index in [1.54, 1.807) is 31.4 Å². The minimum Gasteiger partial charge on any atom is -0.490 e. The van der Waals surface area contributed by atoms with E-state index in [2.05, 4.69) is 17.2 Å². The van der Waals surface area contributed by atoms with E-state index in [0.29, 0.717) is 36.2 Å². The Labute approximate surface area is 117 Å². The molecule has 19 heavy (non-hydrogen) atoms. The molecule has 0 radical (unpaired) electrons. The van der Waals surface area contributed by atoms with E-state index in [1.165, 1.54) is 0 Å². The largest absolute Gasteiger partial charge is 0.490 e. The third-order valence-electron chi connectivity index (χ3n) is 2.14. The van der Waals surface area contributed by atoms with Crippen LogP contribution < -0.4 is 15.4 Å². The zero-order chi connectivity index (χ0) is 14.1. The van der Waals surface area contributed by atoms with Crippen LogP contribution in [0.2, 0.25) is 5.02 Å². The Morgan fingerprint density at radius 3 is 2.89 bits per heavy atom. The first kappa shape index (κ1) is 15.3. The zero-order valence-corrected chi connectivity index (χ0v) is 11.5. The number of hydrogen-bond acceptors (Lipinski definition) is 3. The molecule has 0 saturated carbocycles. The van der Waals surface area contributed by atoms with Gasteiger partial charge in [0, 0.05) is 19.3 Å². The first-order valence-electron chi connectivity index (χ1n) is 5.74. The number of methoxy groups -OCH3 is 1. The standard InChI is InChI=1S/C13H17ClN2O3/c1-3-6-15-13(17)16-10-4-5-12(11(14)9-10)19-8-7-18-2/h3-5,9H,1,6-8H2,2H3,(H2,15,16,17). The Hall–Kier alpha value is -1.72. The lowest BCUT2D eigenvalue weighted by Gasteiger charge is -2.10. The molecule has 0 aliphatic heterocycles. The summed E-state index contributed by atoms with van der Waals surface area (Å²) in [6, 6.07) is 4.71. The molecule has 0 saturated heterocycles. The Balaban J connectivity index is 2.55. The van der Waals surface area contributed by atoms with E-state index in [9.17, 15) is 4.79 Å². The molecule has 6 heteroatoms. The number of hydrogen-bond donors (Lipinski definition) is 2. The van der Waals surface area contributed by atoms with Gasteiger partial charge in [0.2, 0.25) is 0 Å². The molecule has 0 aliphatic rings. The van der Waals surface area contributed by atoms with Crippen molar-refractivity contribution in [3.8, 4) is 5.75 Å². The van der Waals surface area contributed by atoms with Crippen molar-refractivity contribution in [2.45, 2.75) is 0 Å². The van der Waals surface area contributed by atoms with Gasteiger partial charge in [-0.3, -0.25) is 0 Å². The van der Waals surface area contributed by atoms with Crippen LogP contribution in [0.15, 0.2) is 30.9 Å². The van der Waals surface area contributed by atoms with Crippen LogP contribution >= 0.6 is 11.6 Å². The summed E-state index contributed by atoms with van der Waals surface area (Å²) in [5.41, 5.74) is 0.589. The second kappa shape index (κ2) is 8.39. The summed E-state index contributed by atoms with van der Waals surface area (Å²) in [4.78, 5) is 11.4.